The Morgan fingerprint density at radius 1 is 1.05 bits per heavy atom. The van der Waals surface area contributed by atoms with Gasteiger partial charge in [0.15, 0.2) is 0 Å². The molecule has 0 unspecified atom stereocenters. The van der Waals surface area contributed by atoms with E-state index >= 15 is 0 Å². The first-order valence-corrected chi connectivity index (χ1v) is 6.72. The van der Waals surface area contributed by atoms with E-state index in [1.165, 1.54) is 27.1 Å². The van der Waals surface area contributed by atoms with Gasteiger partial charge in [-0.2, -0.15) is 5.10 Å². The van der Waals surface area contributed by atoms with Crippen molar-refractivity contribution in [2.75, 3.05) is 0 Å². The standard InChI is InChI=1S/C17H15N3O/c18-17(21)20-19-10-9-16-14-7-3-1-5-12(14)11-13-6-2-4-8-15(13)16/h1-8,10-11H,9H2,(H3,18,20,21)/b19-10+. The lowest BCUT2D eigenvalue weighted by Gasteiger charge is -2.09. The van der Waals surface area contributed by atoms with E-state index in [1.807, 2.05) is 24.3 Å². The van der Waals surface area contributed by atoms with Crippen LogP contribution >= 0.6 is 0 Å². The average Bonchev–Trinajstić information content (AvgIpc) is 2.50. The Labute approximate surface area is 122 Å². The van der Waals surface area contributed by atoms with Crippen molar-refractivity contribution < 1.29 is 4.79 Å². The minimum atomic E-state index is -0.658. The molecule has 0 heterocycles. The second-order valence-electron chi connectivity index (χ2n) is 4.79. The molecular weight excluding hydrogens is 262 g/mol. The Morgan fingerprint density at radius 3 is 2.19 bits per heavy atom. The summed E-state index contributed by atoms with van der Waals surface area (Å²) in [5.74, 6) is 0. The first-order chi connectivity index (χ1) is 10.3. The Balaban J connectivity index is 2.11. The number of rotatable bonds is 3. The van der Waals surface area contributed by atoms with E-state index in [0.717, 1.165) is 0 Å². The first kappa shape index (κ1) is 13.1. The highest BCUT2D eigenvalue weighted by atomic mass is 16.2. The third-order valence-electron chi connectivity index (χ3n) is 3.44. The topological polar surface area (TPSA) is 67.5 Å². The van der Waals surface area contributed by atoms with E-state index < -0.39 is 6.03 Å². The largest absolute Gasteiger partial charge is 0.350 e. The van der Waals surface area contributed by atoms with Gasteiger partial charge in [-0.05, 0) is 33.2 Å². The maximum atomic E-state index is 10.6. The van der Waals surface area contributed by atoms with Gasteiger partial charge in [-0.25, -0.2) is 10.2 Å². The second-order valence-corrected chi connectivity index (χ2v) is 4.79. The second kappa shape index (κ2) is 5.63. The molecule has 0 aliphatic heterocycles. The minimum absolute atomic E-state index is 0.627. The zero-order chi connectivity index (χ0) is 14.7. The van der Waals surface area contributed by atoms with Crippen molar-refractivity contribution in [3.63, 3.8) is 0 Å². The van der Waals surface area contributed by atoms with Crippen LogP contribution in [0.3, 0.4) is 0 Å². The average molecular weight is 277 g/mol. The molecule has 0 aromatic heterocycles. The first-order valence-electron chi connectivity index (χ1n) is 6.72. The van der Waals surface area contributed by atoms with Crippen molar-refractivity contribution in [1.82, 2.24) is 5.43 Å². The van der Waals surface area contributed by atoms with Gasteiger partial charge >= 0.3 is 6.03 Å². The number of hydrogen-bond acceptors (Lipinski definition) is 2. The molecule has 0 aliphatic rings. The lowest BCUT2D eigenvalue weighted by molar-refractivity contribution is 0.249. The van der Waals surface area contributed by atoms with Crippen LogP contribution in [0.2, 0.25) is 0 Å². The van der Waals surface area contributed by atoms with Crippen LogP contribution in [-0.4, -0.2) is 12.2 Å². The molecule has 21 heavy (non-hydrogen) atoms. The van der Waals surface area contributed by atoms with Crippen LogP contribution in [0, 0.1) is 0 Å². The number of primary amides is 1. The fourth-order valence-electron chi connectivity index (χ4n) is 2.57. The van der Waals surface area contributed by atoms with Crippen molar-refractivity contribution in [3.8, 4) is 0 Å². The summed E-state index contributed by atoms with van der Waals surface area (Å²) in [7, 11) is 0. The highest BCUT2D eigenvalue weighted by molar-refractivity contribution is 6.03. The number of nitrogens with zero attached hydrogens (tertiary/aromatic N) is 1. The number of carbonyl (C=O) groups excluding carboxylic acids is 1. The molecule has 104 valence electrons. The number of amides is 2. The van der Waals surface area contributed by atoms with E-state index in [-0.39, 0.29) is 0 Å². The van der Waals surface area contributed by atoms with Gasteiger partial charge in [0.25, 0.3) is 0 Å². The number of urea groups is 1. The molecule has 3 aromatic rings. The van der Waals surface area contributed by atoms with Gasteiger partial charge in [-0.1, -0.05) is 48.5 Å². The lowest BCUT2D eigenvalue weighted by atomic mass is 9.95. The molecule has 4 heteroatoms. The molecule has 0 saturated carbocycles. The quantitative estimate of drug-likeness (QED) is 0.431. The summed E-state index contributed by atoms with van der Waals surface area (Å²) >= 11 is 0. The fraction of sp³-hybridized carbons (Fsp3) is 0.0588. The zero-order valence-electron chi connectivity index (χ0n) is 11.4. The van der Waals surface area contributed by atoms with Crippen LogP contribution in [0.5, 0.6) is 0 Å². The van der Waals surface area contributed by atoms with Gasteiger partial charge < -0.3 is 5.73 Å². The maximum absolute atomic E-state index is 10.6. The molecule has 0 radical (unpaired) electrons. The number of nitrogens with two attached hydrogens (primary N) is 1. The van der Waals surface area contributed by atoms with Crippen LogP contribution in [0.4, 0.5) is 4.79 Å². The van der Waals surface area contributed by atoms with Gasteiger partial charge in [-0.15, -0.1) is 0 Å². The third-order valence-corrected chi connectivity index (χ3v) is 3.44. The van der Waals surface area contributed by atoms with Crippen molar-refractivity contribution >= 4 is 33.8 Å². The highest BCUT2D eigenvalue weighted by Gasteiger charge is 2.05. The van der Waals surface area contributed by atoms with Crippen LogP contribution in [0.1, 0.15) is 5.56 Å². The molecule has 0 saturated heterocycles. The SMILES string of the molecule is NC(=O)N/N=C/Cc1c2ccccc2cc2ccccc12. The van der Waals surface area contributed by atoms with Crippen LogP contribution in [-0.2, 0) is 6.42 Å². The van der Waals surface area contributed by atoms with E-state index in [0.29, 0.717) is 6.42 Å². The van der Waals surface area contributed by atoms with Gasteiger partial charge in [-0.3, -0.25) is 0 Å². The van der Waals surface area contributed by atoms with Crippen molar-refractivity contribution in [1.29, 1.82) is 0 Å². The zero-order valence-corrected chi connectivity index (χ0v) is 11.4. The number of benzene rings is 3. The number of nitrogens with one attached hydrogen (secondary N) is 1. The Bertz CT molecular complexity index is 786. The van der Waals surface area contributed by atoms with Gasteiger partial charge in [0.2, 0.25) is 0 Å². The molecule has 0 spiro atoms. The Morgan fingerprint density at radius 2 is 1.62 bits per heavy atom. The fourth-order valence-corrected chi connectivity index (χ4v) is 2.57. The molecular formula is C17H15N3O. The third kappa shape index (κ3) is 2.69. The molecule has 0 fully saturated rings. The molecule has 3 N–H and O–H groups in total. The van der Waals surface area contributed by atoms with Crippen LogP contribution in [0.25, 0.3) is 21.5 Å². The maximum Gasteiger partial charge on any atom is 0.332 e. The predicted molar refractivity (Wildman–Crippen MR) is 86.4 cm³/mol. The normalized spacial score (nSPS) is 11.2. The monoisotopic (exact) mass is 277 g/mol. The van der Waals surface area contributed by atoms with Crippen molar-refractivity contribution in [3.05, 3.63) is 60.2 Å². The lowest BCUT2D eigenvalue weighted by Crippen LogP contribution is -2.24. The smallest absolute Gasteiger partial charge is 0.332 e. The molecule has 2 amide bonds. The summed E-state index contributed by atoms with van der Waals surface area (Å²) in [6, 6.07) is 18.1. The molecule has 0 bridgehead atoms. The van der Waals surface area contributed by atoms with Crippen molar-refractivity contribution in [2.45, 2.75) is 6.42 Å². The van der Waals surface area contributed by atoms with Gasteiger partial charge in [0, 0.05) is 12.6 Å². The summed E-state index contributed by atoms with van der Waals surface area (Å²) in [5, 5.41) is 8.62. The van der Waals surface area contributed by atoms with E-state index in [9.17, 15) is 4.79 Å². The van der Waals surface area contributed by atoms with Gasteiger partial charge in [0.05, 0.1) is 0 Å². The summed E-state index contributed by atoms with van der Waals surface area (Å²) in [4.78, 5) is 10.6. The van der Waals surface area contributed by atoms with E-state index in [4.69, 9.17) is 5.73 Å². The molecule has 3 rings (SSSR count). The minimum Gasteiger partial charge on any atom is -0.350 e. The summed E-state index contributed by atoms with van der Waals surface area (Å²) in [6.07, 6.45) is 2.29. The summed E-state index contributed by atoms with van der Waals surface area (Å²) in [5.41, 5.74) is 8.40. The number of carbonyl (C=O) groups is 1. The van der Waals surface area contributed by atoms with Crippen LogP contribution in [0.15, 0.2) is 59.7 Å². The van der Waals surface area contributed by atoms with Crippen molar-refractivity contribution in [2.24, 2.45) is 10.8 Å². The molecule has 0 atom stereocenters. The van der Waals surface area contributed by atoms with E-state index in [1.54, 1.807) is 6.21 Å². The summed E-state index contributed by atoms with van der Waals surface area (Å²) in [6.45, 7) is 0. The molecule has 0 aliphatic carbocycles. The Kier molecular flexibility index (Phi) is 3.51. The molecule has 4 nitrogen and oxygen atoms in total. The number of hydrogen-bond donors (Lipinski definition) is 2. The number of fused-ring (bicyclic) bond motifs is 2. The highest BCUT2D eigenvalue weighted by Crippen LogP contribution is 2.28. The van der Waals surface area contributed by atoms with E-state index in [2.05, 4.69) is 40.9 Å². The van der Waals surface area contributed by atoms with Gasteiger partial charge in [0.1, 0.15) is 0 Å². The Hall–Kier alpha value is -2.88. The van der Waals surface area contributed by atoms with Crippen LogP contribution < -0.4 is 11.2 Å². The number of hydrazone groups is 1. The predicted octanol–water partition coefficient (Wildman–Crippen LogP) is 3.19. The summed E-state index contributed by atoms with van der Waals surface area (Å²) < 4.78 is 0. The molecule has 3 aromatic carbocycles.